The summed E-state index contributed by atoms with van der Waals surface area (Å²) in [5.41, 5.74) is 2.08. The van der Waals surface area contributed by atoms with Crippen molar-refractivity contribution in [3.05, 3.63) is 84.3 Å². The fourth-order valence-corrected chi connectivity index (χ4v) is 4.40. The van der Waals surface area contributed by atoms with Crippen LogP contribution in [-0.2, 0) is 20.5 Å². The average molecular weight is 633 g/mol. The number of hydrogen-bond donors (Lipinski definition) is 5. The number of anilines is 5. The SMILES string of the molecule is C=S(C)(=O)c1ccc(Nc2ncc(-c3ccc(NC)cc3)c(N[C@H](C)CO)n2)cc1.O=CNc1cc(C(F)(F)F)ccc1F. The van der Waals surface area contributed by atoms with Crippen molar-refractivity contribution in [3.8, 4) is 11.1 Å². The zero-order valence-corrected chi connectivity index (χ0v) is 24.9. The highest BCUT2D eigenvalue weighted by atomic mass is 32.2. The van der Waals surface area contributed by atoms with Crippen LogP contribution in [0.1, 0.15) is 12.5 Å². The Labute approximate surface area is 252 Å². The van der Waals surface area contributed by atoms with Crippen molar-refractivity contribution in [1.82, 2.24) is 9.97 Å². The number of nitrogens with zero attached hydrogens (tertiary/aromatic N) is 2. The number of halogens is 4. The Kier molecular flexibility index (Phi) is 11.3. The van der Waals surface area contributed by atoms with Crippen LogP contribution in [0.4, 0.5) is 46.4 Å². The predicted octanol–water partition coefficient (Wildman–Crippen LogP) is 5.84. The Bertz CT molecular complexity index is 1670. The van der Waals surface area contributed by atoms with Crippen molar-refractivity contribution in [3.63, 3.8) is 0 Å². The van der Waals surface area contributed by atoms with Crippen molar-refractivity contribution in [2.24, 2.45) is 0 Å². The topological polar surface area (TPSA) is 128 Å². The first-order valence-electron chi connectivity index (χ1n) is 13.0. The summed E-state index contributed by atoms with van der Waals surface area (Å²) in [6.07, 6.45) is -1.08. The van der Waals surface area contributed by atoms with Crippen molar-refractivity contribution in [1.29, 1.82) is 0 Å². The molecule has 0 aliphatic rings. The van der Waals surface area contributed by atoms with Crippen LogP contribution in [0.25, 0.3) is 11.1 Å². The van der Waals surface area contributed by atoms with E-state index in [1.54, 1.807) is 24.6 Å². The minimum atomic E-state index is -4.55. The number of carbonyl (C=O) groups excluding carboxylic acids is 1. The Morgan fingerprint density at radius 2 is 1.68 bits per heavy atom. The van der Waals surface area contributed by atoms with Crippen LogP contribution in [0.2, 0.25) is 0 Å². The molecular formula is C30H32F4N6O3S. The Morgan fingerprint density at radius 3 is 2.23 bits per heavy atom. The van der Waals surface area contributed by atoms with Crippen molar-refractivity contribution in [2.75, 3.05) is 41.2 Å². The standard InChI is InChI=1S/C22H27N5O2S.C8H5F4NO/c1-15(14-28)25-21-20(16-5-7-17(23-2)8-6-16)13-24-22(27-21)26-18-9-11-19(12-10-18)30(3,4)29;9-6-2-1-5(8(10,11)12)3-7(6)13-4-14/h5-13,15,23,28H,3,14H2,1-2,4H3,(H2,24,25,26,27);1-4H,(H,13,14)/t15-,30?;/m1./s1. The molecule has 44 heavy (non-hydrogen) atoms. The number of rotatable bonds is 10. The van der Waals surface area contributed by atoms with Gasteiger partial charge in [-0.2, -0.15) is 18.2 Å². The Balaban J connectivity index is 0.000000317. The van der Waals surface area contributed by atoms with Crippen LogP contribution < -0.4 is 21.3 Å². The number of alkyl halides is 3. The molecule has 3 aromatic carbocycles. The van der Waals surface area contributed by atoms with Crippen LogP contribution >= 0.6 is 0 Å². The molecule has 14 heteroatoms. The van der Waals surface area contributed by atoms with E-state index in [4.69, 9.17) is 0 Å². The van der Waals surface area contributed by atoms with E-state index in [9.17, 15) is 31.7 Å². The maximum atomic E-state index is 12.8. The minimum absolute atomic E-state index is 0.0201. The smallest absolute Gasteiger partial charge is 0.394 e. The summed E-state index contributed by atoms with van der Waals surface area (Å²) in [6.45, 7) is 1.86. The fourth-order valence-electron chi connectivity index (χ4n) is 3.69. The lowest BCUT2D eigenvalue weighted by Crippen LogP contribution is -2.21. The van der Waals surface area contributed by atoms with E-state index < -0.39 is 32.8 Å². The number of benzene rings is 3. The van der Waals surface area contributed by atoms with Crippen LogP contribution in [0.3, 0.4) is 0 Å². The summed E-state index contributed by atoms with van der Waals surface area (Å²) in [4.78, 5) is 19.7. The summed E-state index contributed by atoms with van der Waals surface area (Å²) >= 11 is 0. The molecule has 0 aliphatic carbocycles. The van der Waals surface area contributed by atoms with Gasteiger partial charge in [-0.1, -0.05) is 12.1 Å². The molecule has 1 aromatic heterocycles. The van der Waals surface area contributed by atoms with Crippen molar-refractivity contribution >= 4 is 50.6 Å². The molecule has 0 fully saturated rings. The number of aromatic nitrogens is 2. The van der Waals surface area contributed by atoms with E-state index in [2.05, 4.69) is 31.8 Å². The van der Waals surface area contributed by atoms with E-state index in [0.717, 1.165) is 22.5 Å². The molecule has 9 nitrogen and oxygen atoms in total. The van der Waals surface area contributed by atoms with E-state index in [-0.39, 0.29) is 19.1 Å². The van der Waals surface area contributed by atoms with E-state index in [1.807, 2.05) is 55.7 Å². The molecule has 0 bridgehead atoms. The van der Waals surface area contributed by atoms with Crippen LogP contribution in [0.15, 0.2) is 77.8 Å². The van der Waals surface area contributed by atoms with E-state index in [0.29, 0.717) is 34.9 Å². The molecule has 1 unspecified atom stereocenters. The number of hydrogen-bond acceptors (Lipinski definition) is 8. The number of aliphatic hydroxyl groups is 1. The Morgan fingerprint density at radius 1 is 1.05 bits per heavy atom. The molecule has 0 aliphatic heterocycles. The quantitative estimate of drug-likeness (QED) is 0.0839. The highest BCUT2D eigenvalue weighted by Crippen LogP contribution is 2.32. The lowest BCUT2D eigenvalue weighted by atomic mass is 10.1. The molecule has 1 heterocycles. The first-order chi connectivity index (χ1) is 20.7. The minimum Gasteiger partial charge on any atom is -0.394 e. The third-order valence-corrected chi connectivity index (χ3v) is 7.32. The predicted molar refractivity (Wildman–Crippen MR) is 167 cm³/mol. The second kappa shape index (κ2) is 14.7. The van der Waals surface area contributed by atoms with E-state index in [1.165, 1.54) is 0 Å². The number of amides is 1. The Hall–Kier alpha value is -4.69. The summed E-state index contributed by atoms with van der Waals surface area (Å²) in [6, 6.07) is 16.8. The fraction of sp³-hybridized carbons (Fsp3) is 0.200. The summed E-state index contributed by atoms with van der Waals surface area (Å²) in [5, 5.41) is 20.8. The van der Waals surface area contributed by atoms with Gasteiger partial charge in [-0.25, -0.2) is 9.37 Å². The third-order valence-electron chi connectivity index (χ3n) is 6.05. The van der Waals surface area contributed by atoms with Crippen LogP contribution in [0, 0.1) is 5.82 Å². The lowest BCUT2D eigenvalue weighted by molar-refractivity contribution is -0.137. The van der Waals surface area contributed by atoms with E-state index >= 15 is 0 Å². The van der Waals surface area contributed by atoms with Crippen LogP contribution in [-0.4, -0.2) is 57.5 Å². The largest absolute Gasteiger partial charge is 0.416 e. The van der Waals surface area contributed by atoms with Gasteiger partial charge in [-0.3, -0.25) is 9.00 Å². The summed E-state index contributed by atoms with van der Waals surface area (Å²) < 4.78 is 61.1. The molecule has 2 atom stereocenters. The molecule has 0 saturated heterocycles. The first kappa shape index (κ1) is 33.8. The highest BCUT2D eigenvalue weighted by Gasteiger charge is 2.31. The van der Waals surface area contributed by atoms with Gasteiger partial charge in [-0.05, 0) is 82.5 Å². The number of aliphatic hydroxyl groups excluding tert-OH is 1. The first-order valence-corrected chi connectivity index (χ1v) is 15.2. The maximum Gasteiger partial charge on any atom is 0.416 e. The van der Waals surface area contributed by atoms with Gasteiger partial charge in [0, 0.05) is 47.4 Å². The highest BCUT2D eigenvalue weighted by molar-refractivity contribution is 7.99. The van der Waals surface area contributed by atoms with Crippen LogP contribution in [0.5, 0.6) is 0 Å². The number of nitrogens with one attached hydrogen (secondary N) is 4. The molecule has 4 rings (SSSR count). The van der Waals surface area contributed by atoms with Gasteiger partial charge < -0.3 is 26.4 Å². The molecular weight excluding hydrogens is 600 g/mol. The van der Waals surface area contributed by atoms with Gasteiger partial charge >= 0.3 is 6.18 Å². The second-order valence-electron chi connectivity index (χ2n) is 9.62. The van der Waals surface area contributed by atoms with Gasteiger partial charge in [0.05, 0.1) is 17.9 Å². The molecule has 0 radical (unpaired) electrons. The van der Waals surface area contributed by atoms with Crippen molar-refractivity contribution in [2.45, 2.75) is 24.0 Å². The molecule has 1 amide bonds. The van der Waals surface area contributed by atoms with Gasteiger partial charge in [-0.15, -0.1) is 0 Å². The van der Waals surface area contributed by atoms with Gasteiger partial charge in [0.15, 0.2) is 0 Å². The molecule has 5 N–H and O–H groups in total. The number of carbonyl (C=O) groups is 1. The second-order valence-corrected chi connectivity index (χ2v) is 12.1. The monoisotopic (exact) mass is 632 g/mol. The summed E-state index contributed by atoms with van der Waals surface area (Å²) in [7, 11) is -0.382. The normalized spacial score (nSPS) is 13.0. The average Bonchev–Trinajstić information content (AvgIpc) is 2.98. The van der Waals surface area contributed by atoms with Gasteiger partial charge in [0.1, 0.15) is 11.6 Å². The lowest BCUT2D eigenvalue weighted by Gasteiger charge is -2.17. The third kappa shape index (κ3) is 9.41. The molecule has 234 valence electrons. The molecule has 0 saturated carbocycles. The zero-order chi connectivity index (χ0) is 32.5. The molecule has 4 aromatic rings. The van der Waals surface area contributed by atoms with Gasteiger partial charge in [0.2, 0.25) is 12.4 Å². The van der Waals surface area contributed by atoms with Crippen molar-refractivity contribution < 1.29 is 31.7 Å². The van der Waals surface area contributed by atoms with Gasteiger partial charge in [0.25, 0.3) is 0 Å². The molecule has 0 spiro atoms. The summed E-state index contributed by atoms with van der Waals surface area (Å²) in [5.74, 6) is 3.83. The maximum absolute atomic E-state index is 12.8. The zero-order valence-electron chi connectivity index (χ0n) is 24.1.